The molecule has 0 amide bonds. The van der Waals surface area contributed by atoms with Gasteiger partial charge in [-0.05, 0) is 46.0 Å². The van der Waals surface area contributed by atoms with Gasteiger partial charge in [0.25, 0.3) is 0 Å². The van der Waals surface area contributed by atoms with Crippen molar-refractivity contribution in [2.24, 2.45) is 5.41 Å². The van der Waals surface area contributed by atoms with E-state index >= 15 is 0 Å². The van der Waals surface area contributed by atoms with Crippen molar-refractivity contribution in [3.8, 4) is 0 Å². The van der Waals surface area contributed by atoms with Crippen LogP contribution in [0.3, 0.4) is 0 Å². The van der Waals surface area contributed by atoms with Crippen LogP contribution in [-0.2, 0) is 14.5 Å². The van der Waals surface area contributed by atoms with Crippen LogP contribution in [0.5, 0.6) is 0 Å². The van der Waals surface area contributed by atoms with E-state index in [-0.39, 0.29) is 5.41 Å². The third-order valence-corrected chi connectivity index (χ3v) is 2.50. The Balaban J connectivity index is 4.20. The smallest absolute Gasteiger partial charge is 0.426 e. The molecule has 0 fully saturated rings. The van der Waals surface area contributed by atoms with Gasteiger partial charge in [0.15, 0.2) is 0 Å². The molecule has 0 aliphatic rings. The van der Waals surface area contributed by atoms with Crippen molar-refractivity contribution in [3.05, 3.63) is 0 Å². The molecule has 0 aromatic rings. The molecule has 0 rings (SSSR count). The largest absolute Gasteiger partial charge is 0.541 e. The topological polar surface area (TPSA) is 44.8 Å². The zero-order valence-electron chi connectivity index (χ0n) is 13.0. The van der Waals surface area contributed by atoms with E-state index < -0.39 is 17.4 Å². The van der Waals surface area contributed by atoms with E-state index in [0.29, 0.717) is 6.42 Å². The van der Waals surface area contributed by atoms with Gasteiger partial charge >= 0.3 is 6.16 Å². The Bertz CT molecular complexity index is 274. The molecule has 0 saturated carbocycles. The van der Waals surface area contributed by atoms with Crippen molar-refractivity contribution in [2.75, 3.05) is 0 Å². The summed E-state index contributed by atoms with van der Waals surface area (Å²) in [7, 11) is 0. The number of carbonyl (C=O) groups excluding carboxylic acids is 1. The van der Waals surface area contributed by atoms with Crippen LogP contribution in [0.15, 0.2) is 0 Å². The second-order valence-corrected chi connectivity index (χ2v) is 7.13. The van der Waals surface area contributed by atoms with Gasteiger partial charge in [-0.1, -0.05) is 27.7 Å². The Hall–Kier alpha value is -0.770. The average Bonchev–Trinajstić information content (AvgIpc) is 2.11. The summed E-state index contributed by atoms with van der Waals surface area (Å²) in [5.74, 6) is 0. The Morgan fingerprint density at radius 3 is 1.83 bits per heavy atom. The zero-order valence-corrected chi connectivity index (χ0v) is 13.0. The molecule has 0 heterocycles. The molecule has 108 valence electrons. The van der Waals surface area contributed by atoms with E-state index in [1.165, 1.54) is 0 Å². The lowest BCUT2D eigenvalue weighted by Gasteiger charge is -2.30. The summed E-state index contributed by atoms with van der Waals surface area (Å²) in [4.78, 5) is 21.4. The standard InChI is InChI=1S/C14H28O4/c1-9-13(5,6)16-11(15)17-18-14(7,8)10-12(2,3)4/h9-10H2,1-8H3. The highest BCUT2D eigenvalue weighted by atomic mass is 17.2. The number of carbonyl (C=O) groups is 1. The summed E-state index contributed by atoms with van der Waals surface area (Å²) < 4.78 is 5.13. The van der Waals surface area contributed by atoms with Gasteiger partial charge in [0.2, 0.25) is 0 Å². The lowest BCUT2D eigenvalue weighted by Crippen LogP contribution is -2.33. The van der Waals surface area contributed by atoms with Gasteiger partial charge in [-0.2, -0.15) is 4.89 Å². The number of ether oxygens (including phenoxy) is 1. The highest BCUT2D eigenvalue weighted by molar-refractivity contribution is 5.59. The fourth-order valence-corrected chi connectivity index (χ4v) is 1.77. The van der Waals surface area contributed by atoms with Crippen LogP contribution < -0.4 is 0 Å². The summed E-state index contributed by atoms with van der Waals surface area (Å²) in [6.45, 7) is 15.7. The molecule has 4 nitrogen and oxygen atoms in total. The molecule has 4 heteroatoms. The van der Waals surface area contributed by atoms with Crippen LogP contribution in [-0.4, -0.2) is 17.4 Å². The van der Waals surface area contributed by atoms with Crippen molar-refractivity contribution in [3.63, 3.8) is 0 Å². The fourth-order valence-electron chi connectivity index (χ4n) is 1.77. The summed E-state index contributed by atoms with van der Waals surface area (Å²) in [5, 5.41) is 0. The van der Waals surface area contributed by atoms with Gasteiger partial charge in [0.1, 0.15) is 11.2 Å². The Morgan fingerprint density at radius 2 is 1.44 bits per heavy atom. The monoisotopic (exact) mass is 260 g/mol. The van der Waals surface area contributed by atoms with E-state index in [1.807, 2.05) is 34.6 Å². The predicted molar refractivity (Wildman–Crippen MR) is 71.2 cm³/mol. The molecule has 0 aromatic carbocycles. The second kappa shape index (κ2) is 5.91. The first-order valence-corrected chi connectivity index (χ1v) is 6.46. The van der Waals surface area contributed by atoms with Crippen LogP contribution in [0.1, 0.15) is 68.2 Å². The quantitative estimate of drug-likeness (QED) is 0.415. The summed E-state index contributed by atoms with van der Waals surface area (Å²) in [5.41, 5.74) is -0.971. The van der Waals surface area contributed by atoms with Gasteiger partial charge in [0, 0.05) is 0 Å². The fraction of sp³-hybridized carbons (Fsp3) is 0.929. The third-order valence-electron chi connectivity index (χ3n) is 2.50. The minimum absolute atomic E-state index is 0.0967. The molecular formula is C14H28O4. The Labute approximate surface area is 111 Å². The molecule has 0 radical (unpaired) electrons. The van der Waals surface area contributed by atoms with E-state index in [4.69, 9.17) is 14.5 Å². The van der Waals surface area contributed by atoms with E-state index in [1.54, 1.807) is 0 Å². The number of hydrogen-bond acceptors (Lipinski definition) is 4. The zero-order chi connectivity index (χ0) is 14.6. The maximum absolute atomic E-state index is 11.5. The Morgan fingerprint density at radius 1 is 0.944 bits per heavy atom. The van der Waals surface area contributed by atoms with Crippen molar-refractivity contribution in [2.45, 2.75) is 79.4 Å². The summed E-state index contributed by atoms with van der Waals surface area (Å²) in [6, 6.07) is 0. The maximum Gasteiger partial charge on any atom is 0.541 e. The van der Waals surface area contributed by atoms with Gasteiger partial charge in [-0.25, -0.2) is 4.79 Å². The van der Waals surface area contributed by atoms with E-state index in [9.17, 15) is 4.79 Å². The molecule has 0 unspecified atom stereocenters. The van der Waals surface area contributed by atoms with Gasteiger partial charge < -0.3 is 4.74 Å². The number of hydrogen-bond donors (Lipinski definition) is 0. The first-order valence-electron chi connectivity index (χ1n) is 6.46. The average molecular weight is 260 g/mol. The number of rotatable bonds is 5. The molecule has 0 aromatic heterocycles. The van der Waals surface area contributed by atoms with Gasteiger partial charge in [0.05, 0.1) is 0 Å². The lowest BCUT2D eigenvalue weighted by atomic mass is 9.84. The molecule has 0 atom stereocenters. The van der Waals surface area contributed by atoms with Crippen LogP contribution in [0, 0.1) is 5.41 Å². The minimum Gasteiger partial charge on any atom is -0.426 e. The van der Waals surface area contributed by atoms with E-state index in [0.717, 1.165) is 6.42 Å². The molecule has 0 bridgehead atoms. The van der Waals surface area contributed by atoms with E-state index in [2.05, 4.69) is 20.8 Å². The molecule has 0 aliphatic carbocycles. The molecular weight excluding hydrogens is 232 g/mol. The normalized spacial score (nSPS) is 13.3. The molecule has 0 spiro atoms. The molecule has 18 heavy (non-hydrogen) atoms. The van der Waals surface area contributed by atoms with Crippen LogP contribution in [0.4, 0.5) is 4.79 Å². The van der Waals surface area contributed by atoms with Crippen molar-refractivity contribution < 1.29 is 19.3 Å². The van der Waals surface area contributed by atoms with Crippen molar-refractivity contribution in [1.82, 2.24) is 0 Å². The highest BCUT2D eigenvalue weighted by Gasteiger charge is 2.30. The predicted octanol–water partition coefficient (Wildman–Crippen LogP) is 4.47. The molecule has 0 saturated heterocycles. The van der Waals surface area contributed by atoms with Gasteiger partial charge in [-0.15, -0.1) is 0 Å². The minimum atomic E-state index is -0.788. The van der Waals surface area contributed by atoms with Crippen molar-refractivity contribution >= 4 is 6.16 Å². The first kappa shape index (κ1) is 17.2. The van der Waals surface area contributed by atoms with Crippen LogP contribution in [0.2, 0.25) is 0 Å². The van der Waals surface area contributed by atoms with Gasteiger partial charge in [-0.3, -0.25) is 4.89 Å². The first-order chi connectivity index (χ1) is 7.87. The summed E-state index contributed by atoms with van der Waals surface area (Å²) in [6.07, 6.45) is 0.696. The summed E-state index contributed by atoms with van der Waals surface area (Å²) >= 11 is 0. The highest BCUT2D eigenvalue weighted by Crippen LogP contribution is 2.29. The van der Waals surface area contributed by atoms with Crippen LogP contribution >= 0.6 is 0 Å². The Kier molecular flexibility index (Phi) is 5.66. The van der Waals surface area contributed by atoms with Crippen LogP contribution in [0.25, 0.3) is 0 Å². The molecule has 0 aliphatic heterocycles. The third kappa shape index (κ3) is 8.34. The second-order valence-electron chi connectivity index (χ2n) is 7.13. The SMILES string of the molecule is CCC(C)(C)OC(=O)OOC(C)(C)CC(C)(C)C. The maximum atomic E-state index is 11.5. The van der Waals surface area contributed by atoms with Crippen molar-refractivity contribution in [1.29, 1.82) is 0 Å². The lowest BCUT2D eigenvalue weighted by molar-refractivity contribution is -0.326. The molecule has 0 N–H and O–H groups in total.